The molecule has 1 aromatic rings. The van der Waals surface area contributed by atoms with Gasteiger partial charge in [-0.25, -0.2) is 4.98 Å². The van der Waals surface area contributed by atoms with Gasteiger partial charge in [0.25, 0.3) is 0 Å². The minimum absolute atomic E-state index is 0.123. The molecule has 0 bridgehead atoms. The maximum absolute atomic E-state index is 10.4. The van der Waals surface area contributed by atoms with Gasteiger partial charge in [0.2, 0.25) is 0 Å². The molecule has 1 aromatic heterocycles. The molecule has 0 spiro atoms. The van der Waals surface area contributed by atoms with Gasteiger partial charge in [-0.2, -0.15) is 0 Å². The quantitative estimate of drug-likeness (QED) is 0.762. The van der Waals surface area contributed by atoms with E-state index in [-0.39, 0.29) is 12.5 Å². The number of aliphatic carboxylic acids is 1. The van der Waals surface area contributed by atoms with Crippen molar-refractivity contribution in [3.05, 3.63) is 11.1 Å². The summed E-state index contributed by atoms with van der Waals surface area (Å²) in [5.41, 5.74) is 0.819. The summed E-state index contributed by atoms with van der Waals surface area (Å²) in [6.07, 6.45) is 0.733. The third-order valence-corrected chi connectivity index (χ3v) is 2.94. The number of carbonyl (C=O) groups is 1. The lowest BCUT2D eigenvalue weighted by Gasteiger charge is -2.08. The highest BCUT2D eigenvalue weighted by atomic mass is 32.1. The van der Waals surface area contributed by atoms with Crippen LogP contribution < -0.4 is 5.32 Å². The van der Waals surface area contributed by atoms with Gasteiger partial charge in [-0.3, -0.25) is 4.79 Å². The van der Waals surface area contributed by atoms with E-state index in [9.17, 15) is 4.79 Å². The molecule has 0 aliphatic carbocycles. The molecular formula is C10H16N2O3S. The second-order valence-electron chi connectivity index (χ2n) is 3.46. The van der Waals surface area contributed by atoms with Crippen LogP contribution in [-0.4, -0.2) is 35.8 Å². The molecule has 0 saturated carbocycles. The Morgan fingerprint density at radius 2 is 2.50 bits per heavy atom. The van der Waals surface area contributed by atoms with Crippen LogP contribution in [0.5, 0.6) is 0 Å². The number of carboxylic acids is 1. The topological polar surface area (TPSA) is 71.5 Å². The molecule has 2 N–H and O–H groups in total. The van der Waals surface area contributed by atoms with Gasteiger partial charge in [-0.15, -0.1) is 11.3 Å². The molecule has 0 amide bonds. The number of hydrogen-bond donors (Lipinski definition) is 2. The fraction of sp³-hybridized carbons (Fsp3) is 0.600. The molecule has 0 aliphatic heterocycles. The van der Waals surface area contributed by atoms with Crippen LogP contribution in [0.15, 0.2) is 5.38 Å². The van der Waals surface area contributed by atoms with Crippen LogP contribution in [0, 0.1) is 0 Å². The second-order valence-corrected chi connectivity index (χ2v) is 4.32. The minimum atomic E-state index is -0.796. The first kappa shape index (κ1) is 12.9. The number of anilines is 1. The van der Waals surface area contributed by atoms with Gasteiger partial charge in [-0.1, -0.05) is 0 Å². The van der Waals surface area contributed by atoms with Crippen LogP contribution >= 0.6 is 11.3 Å². The van der Waals surface area contributed by atoms with Crippen molar-refractivity contribution >= 4 is 22.4 Å². The molecule has 1 unspecified atom stereocenters. The molecule has 0 fully saturated rings. The van der Waals surface area contributed by atoms with Crippen molar-refractivity contribution in [2.45, 2.75) is 25.9 Å². The fourth-order valence-electron chi connectivity index (χ4n) is 1.05. The lowest BCUT2D eigenvalue weighted by Crippen LogP contribution is -2.17. The predicted molar refractivity (Wildman–Crippen MR) is 63.0 cm³/mol. The smallest absolute Gasteiger partial charge is 0.303 e. The van der Waals surface area contributed by atoms with Crippen LogP contribution in [0.3, 0.4) is 0 Å². The van der Waals surface area contributed by atoms with Crippen molar-refractivity contribution in [2.75, 3.05) is 19.0 Å². The maximum atomic E-state index is 10.4. The molecule has 0 saturated heterocycles. The third-order valence-electron chi connectivity index (χ3n) is 2.09. The van der Waals surface area contributed by atoms with Crippen molar-refractivity contribution in [2.24, 2.45) is 0 Å². The summed E-state index contributed by atoms with van der Waals surface area (Å²) in [4.78, 5) is 14.7. The maximum Gasteiger partial charge on any atom is 0.303 e. The molecule has 5 nitrogen and oxygen atoms in total. The zero-order valence-corrected chi connectivity index (χ0v) is 10.2. The number of aromatic nitrogens is 1. The predicted octanol–water partition coefficient (Wildman–Crippen LogP) is 1.61. The van der Waals surface area contributed by atoms with Crippen LogP contribution in [0.4, 0.5) is 5.13 Å². The molecule has 1 heterocycles. The number of methoxy groups -OCH3 is 1. The first-order chi connectivity index (χ1) is 7.61. The van der Waals surface area contributed by atoms with Crippen molar-refractivity contribution in [3.8, 4) is 0 Å². The molecule has 16 heavy (non-hydrogen) atoms. The standard InChI is InChI=1S/C10H16N2O3S/c1-7(15-2)5-11-10-12-8(6-16-10)3-4-9(13)14/h6-7H,3-5H2,1-2H3,(H,11,12)(H,13,14). The number of hydrogen-bond acceptors (Lipinski definition) is 5. The minimum Gasteiger partial charge on any atom is -0.481 e. The van der Waals surface area contributed by atoms with E-state index in [1.807, 2.05) is 12.3 Å². The molecule has 6 heteroatoms. The average Bonchev–Trinajstić information content (AvgIpc) is 2.71. The summed E-state index contributed by atoms with van der Waals surface area (Å²) in [5.74, 6) is -0.796. The van der Waals surface area contributed by atoms with Crippen molar-refractivity contribution in [1.29, 1.82) is 0 Å². The lowest BCUT2D eigenvalue weighted by atomic mass is 10.2. The van der Waals surface area contributed by atoms with Gasteiger partial charge in [-0.05, 0) is 6.92 Å². The number of thiazole rings is 1. The number of ether oxygens (including phenoxy) is 1. The zero-order chi connectivity index (χ0) is 12.0. The first-order valence-electron chi connectivity index (χ1n) is 5.04. The molecular weight excluding hydrogens is 228 g/mol. The molecule has 0 aliphatic rings. The van der Waals surface area contributed by atoms with E-state index in [0.29, 0.717) is 13.0 Å². The van der Waals surface area contributed by atoms with E-state index in [0.717, 1.165) is 10.8 Å². The van der Waals surface area contributed by atoms with E-state index in [2.05, 4.69) is 10.3 Å². The largest absolute Gasteiger partial charge is 0.481 e. The van der Waals surface area contributed by atoms with Gasteiger partial charge in [0, 0.05) is 25.5 Å². The molecule has 0 aromatic carbocycles. The number of nitrogens with one attached hydrogen (secondary N) is 1. The van der Waals surface area contributed by atoms with Gasteiger partial charge < -0.3 is 15.2 Å². The lowest BCUT2D eigenvalue weighted by molar-refractivity contribution is -0.136. The Bertz CT molecular complexity index is 341. The van der Waals surface area contributed by atoms with Crippen LogP contribution in [0.25, 0.3) is 0 Å². The van der Waals surface area contributed by atoms with E-state index >= 15 is 0 Å². The fourth-order valence-corrected chi connectivity index (χ4v) is 1.81. The van der Waals surface area contributed by atoms with Crippen molar-refractivity contribution in [3.63, 3.8) is 0 Å². The number of nitrogens with zero attached hydrogens (tertiary/aromatic N) is 1. The van der Waals surface area contributed by atoms with E-state index in [1.165, 1.54) is 11.3 Å². The number of rotatable bonds is 7. The highest BCUT2D eigenvalue weighted by Gasteiger charge is 2.05. The molecule has 1 rings (SSSR count). The number of carboxylic acid groups (broad SMARTS) is 1. The first-order valence-corrected chi connectivity index (χ1v) is 5.92. The van der Waals surface area contributed by atoms with Crippen LogP contribution in [-0.2, 0) is 16.0 Å². The Hall–Kier alpha value is -1.14. The summed E-state index contributed by atoms with van der Waals surface area (Å²) < 4.78 is 5.09. The second kappa shape index (κ2) is 6.44. The third kappa shape index (κ3) is 4.59. The van der Waals surface area contributed by atoms with Crippen molar-refractivity contribution in [1.82, 2.24) is 4.98 Å². The van der Waals surface area contributed by atoms with E-state index in [4.69, 9.17) is 9.84 Å². The van der Waals surface area contributed by atoms with Gasteiger partial charge in [0.15, 0.2) is 5.13 Å². The van der Waals surface area contributed by atoms with E-state index < -0.39 is 5.97 Å². The Labute approximate surface area is 98.5 Å². The van der Waals surface area contributed by atoms with Gasteiger partial charge in [0.05, 0.1) is 18.2 Å². The summed E-state index contributed by atoms with van der Waals surface area (Å²) >= 11 is 1.48. The van der Waals surface area contributed by atoms with Gasteiger partial charge in [0.1, 0.15) is 0 Å². The summed E-state index contributed by atoms with van der Waals surface area (Å²) in [6.45, 7) is 2.66. The molecule has 90 valence electrons. The highest BCUT2D eigenvalue weighted by Crippen LogP contribution is 2.16. The Balaban J connectivity index is 2.36. The van der Waals surface area contributed by atoms with Crippen molar-refractivity contribution < 1.29 is 14.6 Å². The monoisotopic (exact) mass is 244 g/mol. The Morgan fingerprint density at radius 3 is 3.12 bits per heavy atom. The van der Waals surface area contributed by atoms with Gasteiger partial charge >= 0.3 is 5.97 Å². The SMILES string of the molecule is COC(C)CNc1nc(CCC(=O)O)cs1. The summed E-state index contributed by atoms with van der Waals surface area (Å²) in [5, 5.41) is 14.4. The molecule has 0 radical (unpaired) electrons. The van der Waals surface area contributed by atoms with E-state index in [1.54, 1.807) is 7.11 Å². The van der Waals surface area contributed by atoms with Crippen LogP contribution in [0.1, 0.15) is 19.0 Å². The Morgan fingerprint density at radius 1 is 1.75 bits per heavy atom. The molecule has 1 atom stereocenters. The zero-order valence-electron chi connectivity index (χ0n) is 9.40. The highest BCUT2D eigenvalue weighted by molar-refractivity contribution is 7.13. The summed E-state index contributed by atoms with van der Waals surface area (Å²) in [7, 11) is 1.66. The Kier molecular flexibility index (Phi) is 5.21. The van der Waals surface area contributed by atoms with Crippen LogP contribution in [0.2, 0.25) is 0 Å². The number of aryl methyl sites for hydroxylation is 1. The summed E-state index contributed by atoms with van der Waals surface area (Å²) in [6, 6.07) is 0. The normalized spacial score (nSPS) is 12.4. The average molecular weight is 244 g/mol.